The van der Waals surface area contributed by atoms with Gasteiger partial charge in [-0.25, -0.2) is 8.42 Å². The maximum absolute atomic E-state index is 11.6. The molecule has 1 aromatic heterocycles. The largest absolute Gasteiger partial charge is 0.224 e. The van der Waals surface area contributed by atoms with Crippen LogP contribution in [-0.2, 0) is 9.84 Å². The Balaban J connectivity index is 3.15. The second kappa shape index (κ2) is 3.98. The van der Waals surface area contributed by atoms with Gasteiger partial charge in [0.2, 0.25) is 0 Å². The van der Waals surface area contributed by atoms with Crippen LogP contribution in [0, 0.1) is 6.92 Å². The van der Waals surface area contributed by atoms with Gasteiger partial charge < -0.3 is 0 Å². The van der Waals surface area contributed by atoms with Gasteiger partial charge >= 0.3 is 0 Å². The molecule has 0 bridgehead atoms. The van der Waals surface area contributed by atoms with Crippen LogP contribution in [0.1, 0.15) is 18.2 Å². The molecule has 0 aliphatic heterocycles. The fourth-order valence-electron chi connectivity index (χ4n) is 1.01. The third-order valence-electron chi connectivity index (χ3n) is 1.68. The first-order chi connectivity index (χ1) is 5.99. The number of hydrogen-bond donors (Lipinski definition) is 0. The van der Waals surface area contributed by atoms with Crippen molar-refractivity contribution < 1.29 is 8.42 Å². The molecule has 0 saturated carbocycles. The standard InChI is InChI=1S/C8H11ClO2S2/c1-3-4-13(10,11)7-5-12-6(2)8(7)9/h5H,3-4H2,1-2H3. The van der Waals surface area contributed by atoms with E-state index < -0.39 is 9.84 Å². The highest BCUT2D eigenvalue weighted by atomic mass is 35.5. The molecule has 0 spiro atoms. The Morgan fingerprint density at radius 1 is 1.54 bits per heavy atom. The van der Waals surface area contributed by atoms with Crippen LogP contribution in [0.5, 0.6) is 0 Å². The van der Waals surface area contributed by atoms with Gasteiger partial charge in [0.1, 0.15) is 0 Å². The Bertz CT molecular complexity index is 392. The van der Waals surface area contributed by atoms with Gasteiger partial charge in [0, 0.05) is 10.3 Å². The van der Waals surface area contributed by atoms with E-state index in [0.717, 1.165) is 4.88 Å². The van der Waals surface area contributed by atoms with Crippen molar-refractivity contribution in [2.24, 2.45) is 0 Å². The van der Waals surface area contributed by atoms with Crippen molar-refractivity contribution in [1.82, 2.24) is 0 Å². The third-order valence-corrected chi connectivity index (χ3v) is 5.39. The number of rotatable bonds is 3. The number of aryl methyl sites for hydroxylation is 1. The van der Waals surface area contributed by atoms with E-state index in [4.69, 9.17) is 11.6 Å². The molecule has 0 saturated heterocycles. The quantitative estimate of drug-likeness (QED) is 0.812. The summed E-state index contributed by atoms with van der Waals surface area (Å²) in [5.41, 5.74) is 0. The van der Waals surface area contributed by atoms with Gasteiger partial charge in [0.25, 0.3) is 0 Å². The normalized spacial score (nSPS) is 11.9. The maximum atomic E-state index is 11.6. The zero-order valence-corrected chi connectivity index (χ0v) is 9.89. The molecule has 74 valence electrons. The summed E-state index contributed by atoms with van der Waals surface area (Å²) in [5.74, 6) is 0.170. The van der Waals surface area contributed by atoms with Crippen LogP contribution in [0.15, 0.2) is 10.3 Å². The molecule has 0 aliphatic rings. The predicted octanol–water partition coefficient (Wildman–Crippen LogP) is 2.89. The summed E-state index contributed by atoms with van der Waals surface area (Å²) in [6, 6.07) is 0. The first-order valence-corrected chi connectivity index (χ1v) is 6.86. The van der Waals surface area contributed by atoms with Crippen molar-refractivity contribution in [2.45, 2.75) is 25.2 Å². The highest BCUT2D eigenvalue weighted by molar-refractivity contribution is 7.91. The molecule has 0 radical (unpaired) electrons. The van der Waals surface area contributed by atoms with Gasteiger partial charge in [0.05, 0.1) is 15.7 Å². The minimum atomic E-state index is -3.14. The van der Waals surface area contributed by atoms with Crippen LogP contribution in [0.3, 0.4) is 0 Å². The van der Waals surface area contributed by atoms with Crippen molar-refractivity contribution in [1.29, 1.82) is 0 Å². The van der Waals surface area contributed by atoms with E-state index in [1.54, 1.807) is 5.38 Å². The molecule has 1 rings (SSSR count). The number of halogens is 1. The van der Waals surface area contributed by atoms with E-state index in [2.05, 4.69) is 0 Å². The zero-order chi connectivity index (χ0) is 10.1. The monoisotopic (exact) mass is 238 g/mol. The first kappa shape index (κ1) is 11.0. The van der Waals surface area contributed by atoms with Crippen molar-refractivity contribution in [3.63, 3.8) is 0 Å². The summed E-state index contributed by atoms with van der Waals surface area (Å²) in [4.78, 5) is 1.15. The molecule has 2 nitrogen and oxygen atoms in total. The Hall–Kier alpha value is -0.0600. The van der Waals surface area contributed by atoms with E-state index in [9.17, 15) is 8.42 Å². The highest BCUT2D eigenvalue weighted by Crippen LogP contribution is 2.31. The molecule has 1 heterocycles. The number of hydrogen-bond acceptors (Lipinski definition) is 3. The van der Waals surface area contributed by atoms with Crippen LogP contribution in [0.25, 0.3) is 0 Å². The van der Waals surface area contributed by atoms with Crippen LogP contribution in [0.4, 0.5) is 0 Å². The van der Waals surface area contributed by atoms with Crippen LogP contribution in [0.2, 0.25) is 5.02 Å². The molecule has 1 aromatic rings. The number of sulfone groups is 1. The van der Waals surface area contributed by atoms with Crippen LogP contribution < -0.4 is 0 Å². The van der Waals surface area contributed by atoms with E-state index in [1.807, 2.05) is 13.8 Å². The molecule has 0 amide bonds. The lowest BCUT2D eigenvalue weighted by molar-refractivity contribution is 0.595. The number of thiophene rings is 1. The Morgan fingerprint density at radius 3 is 2.54 bits per heavy atom. The third kappa shape index (κ3) is 2.24. The van der Waals surface area contributed by atoms with Crippen molar-refractivity contribution in [3.8, 4) is 0 Å². The smallest absolute Gasteiger partial charge is 0.180 e. The molecule has 0 unspecified atom stereocenters. The Kier molecular flexibility index (Phi) is 3.38. The molecule has 0 atom stereocenters. The SMILES string of the molecule is CCCS(=O)(=O)c1csc(C)c1Cl. The first-order valence-electron chi connectivity index (χ1n) is 3.95. The fourth-order valence-corrected chi connectivity index (χ4v) is 4.21. The van der Waals surface area contributed by atoms with E-state index in [-0.39, 0.29) is 5.75 Å². The fraction of sp³-hybridized carbons (Fsp3) is 0.500. The molecule has 0 aliphatic carbocycles. The molecule has 0 N–H and O–H groups in total. The average molecular weight is 239 g/mol. The summed E-state index contributed by atoms with van der Waals surface area (Å²) in [6.45, 7) is 3.66. The van der Waals surface area contributed by atoms with Gasteiger partial charge in [-0.3, -0.25) is 0 Å². The summed E-state index contributed by atoms with van der Waals surface area (Å²) < 4.78 is 23.2. The maximum Gasteiger partial charge on any atom is 0.180 e. The van der Waals surface area contributed by atoms with E-state index in [1.165, 1.54) is 11.3 Å². The lowest BCUT2D eigenvalue weighted by atomic mass is 10.5. The van der Waals surface area contributed by atoms with Crippen LogP contribution >= 0.6 is 22.9 Å². The van der Waals surface area contributed by atoms with Gasteiger partial charge in [-0.05, 0) is 13.3 Å². The summed E-state index contributed by atoms with van der Waals surface area (Å²) in [5, 5.41) is 2.00. The van der Waals surface area contributed by atoms with Crippen molar-refractivity contribution >= 4 is 32.8 Å². The lowest BCUT2D eigenvalue weighted by Gasteiger charge is -1.99. The summed E-state index contributed by atoms with van der Waals surface area (Å²) in [7, 11) is -3.14. The predicted molar refractivity (Wildman–Crippen MR) is 56.4 cm³/mol. The second-order valence-corrected chi connectivity index (χ2v) is 6.33. The van der Waals surface area contributed by atoms with Crippen molar-refractivity contribution in [3.05, 3.63) is 15.3 Å². The topological polar surface area (TPSA) is 34.1 Å². The molecule has 5 heteroatoms. The zero-order valence-electron chi connectivity index (χ0n) is 7.50. The molecule has 13 heavy (non-hydrogen) atoms. The van der Waals surface area contributed by atoms with Crippen LogP contribution in [-0.4, -0.2) is 14.2 Å². The lowest BCUT2D eigenvalue weighted by Crippen LogP contribution is -2.04. The molecule has 0 fully saturated rings. The highest BCUT2D eigenvalue weighted by Gasteiger charge is 2.19. The summed E-state index contributed by atoms with van der Waals surface area (Å²) in [6.07, 6.45) is 0.619. The van der Waals surface area contributed by atoms with Gasteiger partial charge in [-0.1, -0.05) is 18.5 Å². The van der Waals surface area contributed by atoms with E-state index >= 15 is 0 Å². The Labute approximate surface area is 87.5 Å². The minimum Gasteiger partial charge on any atom is -0.224 e. The molecular weight excluding hydrogens is 228 g/mol. The van der Waals surface area contributed by atoms with Gasteiger partial charge in [-0.15, -0.1) is 11.3 Å². The summed E-state index contributed by atoms with van der Waals surface area (Å²) >= 11 is 7.23. The van der Waals surface area contributed by atoms with Gasteiger partial charge in [-0.2, -0.15) is 0 Å². The second-order valence-electron chi connectivity index (χ2n) is 2.79. The molecular formula is C8H11ClO2S2. The van der Waals surface area contributed by atoms with Gasteiger partial charge in [0.15, 0.2) is 9.84 Å². The van der Waals surface area contributed by atoms with E-state index in [0.29, 0.717) is 16.3 Å². The minimum absolute atomic E-state index is 0.170. The Morgan fingerprint density at radius 2 is 2.15 bits per heavy atom. The average Bonchev–Trinajstić information content (AvgIpc) is 2.33. The molecule has 0 aromatic carbocycles. The van der Waals surface area contributed by atoms with Crippen molar-refractivity contribution in [2.75, 3.05) is 5.75 Å².